The van der Waals surface area contributed by atoms with Crippen LogP contribution >= 0.6 is 0 Å². The van der Waals surface area contributed by atoms with Gasteiger partial charge in [-0.2, -0.15) is 5.26 Å². The van der Waals surface area contributed by atoms with Crippen molar-refractivity contribution in [3.05, 3.63) is 77.2 Å². The zero-order valence-electron chi connectivity index (χ0n) is 16.9. The van der Waals surface area contributed by atoms with Crippen LogP contribution in [-0.2, 0) is 5.41 Å². The van der Waals surface area contributed by atoms with Gasteiger partial charge < -0.3 is 10.6 Å². The SMILES string of the molecule is Cc1nc(Nc2ccc(C#N)cc2)cc(C(=O)Nc2ccccc2C(C)(C)C)n1. The van der Waals surface area contributed by atoms with Crippen LogP contribution in [0.15, 0.2) is 54.6 Å². The van der Waals surface area contributed by atoms with Crippen molar-refractivity contribution in [3.8, 4) is 6.07 Å². The van der Waals surface area contributed by atoms with Crippen molar-refractivity contribution in [2.75, 3.05) is 10.6 Å². The lowest BCUT2D eigenvalue weighted by molar-refractivity contribution is 0.102. The normalized spacial score (nSPS) is 10.9. The van der Waals surface area contributed by atoms with Crippen LogP contribution in [0.3, 0.4) is 0 Å². The second-order valence-corrected chi connectivity index (χ2v) is 7.75. The Kier molecular flexibility index (Phi) is 5.60. The van der Waals surface area contributed by atoms with E-state index in [0.29, 0.717) is 17.2 Å². The summed E-state index contributed by atoms with van der Waals surface area (Å²) in [5.41, 5.74) is 3.34. The average Bonchev–Trinajstić information content (AvgIpc) is 2.67. The van der Waals surface area contributed by atoms with E-state index in [-0.39, 0.29) is 17.0 Å². The van der Waals surface area contributed by atoms with Gasteiger partial charge in [-0.25, -0.2) is 9.97 Å². The summed E-state index contributed by atoms with van der Waals surface area (Å²) in [6.45, 7) is 8.05. The first kappa shape index (κ1) is 20.0. The van der Waals surface area contributed by atoms with Crippen LogP contribution in [-0.4, -0.2) is 15.9 Å². The Hall–Kier alpha value is -3.72. The van der Waals surface area contributed by atoms with Crippen molar-refractivity contribution < 1.29 is 4.79 Å². The fraction of sp³-hybridized carbons (Fsp3) is 0.217. The molecule has 0 saturated carbocycles. The standard InChI is InChI=1S/C23H23N5O/c1-15-25-20(13-21(26-15)27-17-11-9-16(14-24)10-12-17)22(29)28-19-8-6-5-7-18(19)23(2,3)4/h5-13H,1-4H3,(H,28,29)(H,25,26,27). The number of hydrogen-bond acceptors (Lipinski definition) is 5. The molecule has 0 bridgehead atoms. The molecule has 2 aromatic carbocycles. The highest BCUT2D eigenvalue weighted by Gasteiger charge is 2.19. The number of aromatic nitrogens is 2. The molecular weight excluding hydrogens is 362 g/mol. The van der Waals surface area contributed by atoms with Gasteiger partial charge in [-0.05, 0) is 48.2 Å². The third-order valence-corrected chi connectivity index (χ3v) is 4.34. The first-order valence-corrected chi connectivity index (χ1v) is 9.30. The van der Waals surface area contributed by atoms with Crippen LogP contribution in [0, 0.1) is 18.3 Å². The summed E-state index contributed by atoms with van der Waals surface area (Å²) in [7, 11) is 0. The predicted molar refractivity (Wildman–Crippen MR) is 114 cm³/mol. The van der Waals surface area contributed by atoms with E-state index in [4.69, 9.17) is 5.26 Å². The third-order valence-electron chi connectivity index (χ3n) is 4.34. The highest BCUT2D eigenvalue weighted by molar-refractivity contribution is 6.03. The van der Waals surface area contributed by atoms with Crippen LogP contribution in [0.4, 0.5) is 17.2 Å². The number of hydrogen-bond donors (Lipinski definition) is 2. The summed E-state index contributed by atoms with van der Waals surface area (Å²) in [5, 5.41) is 15.0. The lowest BCUT2D eigenvalue weighted by Gasteiger charge is -2.23. The molecule has 6 nitrogen and oxygen atoms in total. The molecule has 0 atom stereocenters. The minimum atomic E-state index is -0.296. The number of benzene rings is 2. The number of aryl methyl sites for hydroxylation is 1. The van der Waals surface area contributed by atoms with Crippen LogP contribution in [0.25, 0.3) is 0 Å². The Morgan fingerprint density at radius 3 is 2.38 bits per heavy atom. The predicted octanol–water partition coefficient (Wildman–Crippen LogP) is 4.95. The molecule has 0 aliphatic heterocycles. The molecule has 0 radical (unpaired) electrons. The van der Waals surface area contributed by atoms with Gasteiger partial charge in [0.25, 0.3) is 5.91 Å². The van der Waals surface area contributed by atoms with E-state index in [0.717, 1.165) is 16.9 Å². The van der Waals surface area contributed by atoms with Gasteiger partial charge in [0.15, 0.2) is 0 Å². The summed E-state index contributed by atoms with van der Waals surface area (Å²) in [5.74, 6) is 0.699. The molecule has 1 aromatic heterocycles. The number of nitrogens with zero attached hydrogens (tertiary/aromatic N) is 3. The molecule has 1 amide bonds. The van der Waals surface area contributed by atoms with Crippen LogP contribution < -0.4 is 10.6 Å². The quantitative estimate of drug-likeness (QED) is 0.663. The molecule has 0 aliphatic carbocycles. The molecule has 0 fully saturated rings. The van der Waals surface area contributed by atoms with E-state index in [1.807, 2.05) is 24.3 Å². The van der Waals surface area contributed by atoms with Gasteiger partial charge in [0.1, 0.15) is 17.3 Å². The summed E-state index contributed by atoms with van der Waals surface area (Å²) in [6, 6.07) is 18.5. The number of carbonyl (C=O) groups excluding carboxylic acids is 1. The zero-order chi connectivity index (χ0) is 21.0. The monoisotopic (exact) mass is 385 g/mol. The molecule has 0 saturated heterocycles. The molecule has 0 unspecified atom stereocenters. The van der Waals surface area contributed by atoms with Gasteiger partial charge in [-0.1, -0.05) is 39.0 Å². The largest absolute Gasteiger partial charge is 0.340 e. The average molecular weight is 385 g/mol. The fourth-order valence-electron chi connectivity index (χ4n) is 2.96. The van der Waals surface area contributed by atoms with E-state index in [1.54, 1.807) is 37.3 Å². The minimum absolute atomic E-state index is 0.103. The Morgan fingerprint density at radius 2 is 1.72 bits per heavy atom. The van der Waals surface area contributed by atoms with E-state index >= 15 is 0 Å². The topological polar surface area (TPSA) is 90.7 Å². The number of amides is 1. The fourth-order valence-corrected chi connectivity index (χ4v) is 2.96. The number of nitriles is 1. The number of anilines is 3. The third kappa shape index (κ3) is 4.96. The number of carbonyl (C=O) groups is 1. The van der Waals surface area contributed by atoms with E-state index < -0.39 is 0 Å². The van der Waals surface area contributed by atoms with Gasteiger partial charge in [0, 0.05) is 17.4 Å². The van der Waals surface area contributed by atoms with Crippen molar-refractivity contribution in [2.24, 2.45) is 0 Å². The molecular formula is C23H23N5O. The number of nitrogens with one attached hydrogen (secondary N) is 2. The first-order chi connectivity index (χ1) is 13.8. The second-order valence-electron chi connectivity index (χ2n) is 7.75. The lowest BCUT2D eigenvalue weighted by Crippen LogP contribution is -2.20. The Balaban J connectivity index is 1.84. The molecule has 3 aromatic rings. The number of rotatable bonds is 4. The van der Waals surface area contributed by atoms with Crippen LogP contribution in [0.1, 0.15) is 48.2 Å². The van der Waals surface area contributed by atoms with Crippen molar-refractivity contribution in [2.45, 2.75) is 33.1 Å². The molecule has 0 spiro atoms. The van der Waals surface area contributed by atoms with E-state index in [1.165, 1.54) is 0 Å². The van der Waals surface area contributed by atoms with Crippen LogP contribution in [0.5, 0.6) is 0 Å². The molecule has 6 heteroatoms. The minimum Gasteiger partial charge on any atom is -0.340 e. The van der Waals surface area contributed by atoms with Gasteiger partial charge in [-0.3, -0.25) is 4.79 Å². The number of para-hydroxylation sites is 1. The van der Waals surface area contributed by atoms with Gasteiger partial charge >= 0.3 is 0 Å². The maximum atomic E-state index is 12.9. The highest BCUT2D eigenvalue weighted by atomic mass is 16.1. The lowest BCUT2D eigenvalue weighted by atomic mass is 9.86. The smallest absolute Gasteiger partial charge is 0.274 e. The second kappa shape index (κ2) is 8.11. The first-order valence-electron chi connectivity index (χ1n) is 9.30. The van der Waals surface area contributed by atoms with E-state index in [2.05, 4.69) is 47.4 Å². The van der Waals surface area contributed by atoms with Crippen molar-refractivity contribution >= 4 is 23.1 Å². The van der Waals surface area contributed by atoms with Crippen LogP contribution in [0.2, 0.25) is 0 Å². The summed E-state index contributed by atoms with van der Waals surface area (Å²) in [4.78, 5) is 21.5. The summed E-state index contributed by atoms with van der Waals surface area (Å²) >= 11 is 0. The summed E-state index contributed by atoms with van der Waals surface area (Å²) in [6.07, 6.45) is 0. The maximum Gasteiger partial charge on any atom is 0.274 e. The van der Waals surface area contributed by atoms with Gasteiger partial charge in [-0.15, -0.1) is 0 Å². The Labute approximate surface area is 170 Å². The maximum absolute atomic E-state index is 12.9. The molecule has 0 aliphatic rings. The van der Waals surface area contributed by atoms with Gasteiger partial charge in [0.2, 0.25) is 0 Å². The zero-order valence-corrected chi connectivity index (χ0v) is 16.9. The molecule has 146 valence electrons. The van der Waals surface area contributed by atoms with E-state index in [9.17, 15) is 4.79 Å². The van der Waals surface area contributed by atoms with Crippen molar-refractivity contribution in [3.63, 3.8) is 0 Å². The Bertz CT molecular complexity index is 1080. The molecule has 2 N–H and O–H groups in total. The highest BCUT2D eigenvalue weighted by Crippen LogP contribution is 2.29. The van der Waals surface area contributed by atoms with Crippen molar-refractivity contribution in [1.82, 2.24) is 9.97 Å². The summed E-state index contributed by atoms with van der Waals surface area (Å²) < 4.78 is 0. The molecule has 29 heavy (non-hydrogen) atoms. The van der Waals surface area contributed by atoms with Crippen molar-refractivity contribution in [1.29, 1.82) is 5.26 Å². The molecule has 1 heterocycles. The van der Waals surface area contributed by atoms with Gasteiger partial charge in [0.05, 0.1) is 11.6 Å². The Morgan fingerprint density at radius 1 is 1.03 bits per heavy atom. The molecule has 3 rings (SSSR count).